The van der Waals surface area contributed by atoms with Gasteiger partial charge in [0.2, 0.25) is 0 Å². The Bertz CT molecular complexity index is 483. The van der Waals surface area contributed by atoms with E-state index < -0.39 is 0 Å². The summed E-state index contributed by atoms with van der Waals surface area (Å²) in [7, 11) is 0. The zero-order valence-corrected chi connectivity index (χ0v) is 13.8. The van der Waals surface area contributed by atoms with Gasteiger partial charge in [-0.25, -0.2) is 0 Å². The number of nitrogens with one attached hydrogen (secondary N) is 2. The number of rotatable bonds is 3. The van der Waals surface area contributed by atoms with E-state index in [9.17, 15) is 4.79 Å². The second kappa shape index (κ2) is 6.70. The Morgan fingerprint density at radius 2 is 2.05 bits per heavy atom. The minimum absolute atomic E-state index is 0.0471. The number of quaternary nitrogens is 1. The van der Waals surface area contributed by atoms with Crippen LogP contribution in [0.25, 0.3) is 0 Å². The molecular formula is C15H22BrN2O2+. The Balaban J connectivity index is 1.92. The van der Waals surface area contributed by atoms with Crippen molar-refractivity contribution in [1.82, 2.24) is 0 Å². The highest BCUT2D eigenvalue weighted by atomic mass is 79.9. The SMILES string of the molecule is Cc1ccc(NC(=O)C[NH+]2C[C@@H](C)O[C@H](C)C2)c(Br)c1. The van der Waals surface area contributed by atoms with Crippen LogP contribution in [0.4, 0.5) is 5.69 Å². The Hall–Kier alpha value is -0.910. The standard InChI is InChI=1S/C15H21BrN2O2/c1-10-4-5-14(13(16)6-10)17-15(19)9-18-7-11(2)20-12(3)8-18/h4-6,11-12H,7-9H2,1-3H3,(H,17,19)/p+1/t11-,12-/m1/s1. The topological polar surface area (TPSA) is 42.8 Å². The van der Waals surface area contributed by atoms with Crippen molar-refractivity contribution in [2.24, 2.45) is 0 Å². The van der Waals surface area contributed by atoms with Crippen LogP contribution in [-0.4, -0.2) is 37.7 Å². The number of ether oxygens (including phenoxy) is 1. The predicted octanol–water partition coefficient (Wildman–Crippen LogP) is 1.39. The number of morpholine rings is 1. The van der Waals surface area contributed by atoms with E-state index in [1.807, 2.05) is 25.1 Å². The van der Waals surface area contributed by atoms with Crippen molar-refractivity contribution in [2.45, 2.75) is 33.0 Å². The smallest absolute Gasteiger partial charge is 0.279 e. The molecule has 1 aromatic rings. The van der Waals surface area contributed by atoms with Gasteiger partial charge >= 0.3 is 0 Å². The fourth-order valence-corrected chi connectivity index (χ4v) is 3.27. The van der Waals surface area contributed by atoms with Gasteiger partial charge in [-0.3, -0.25) is 4.79 Å². The predicted molar refractivity (Wildman–Crippen MR) is 83.1 cm³/mol. The van der Waals surface area contributed by atoms with Crippen LogP contribution >= 0.6 is 15.9 Å². The zero-order chi connectivity index (χ0) is 14.7. The van der Waals surface area contributed by atoms with Gasteiger partial charge in [0.15, 0.2) is 6.54 Å². The Morgan fingerprint density at radius 3 is 2.65 bits per heavy atom. The zero-order valence-electron chi connectivity index (χ0n) is 12.2. The second-order valence-electron chi connectivity index (χ2n) is 5.62. The molecule has 1 fully saturated rings. The van der Waals surface area contributed by atoms with Crippen LogP contribution in [0.2, 0.25) is 0 Å². The minimum atomic E-state index is 0.0471. The molecule has 0 aliphatic carbocycles. The molecule has 20 heavy (non-hydrogen) atoms. The summed E-state index contributed by atoms with van der Waals surface area (Å²) in [6.45, 7) is 8.39. The normalized spacial score (nSPS) is 26.3. The van der Waals surface area contributed by atoms with Gasteiger partial charge in [0.1, 0.15) is 25.3 Å². The summed E-state index contributed by atoms with van der Waals surface area (Å²) in [5.41, 5.74) is 1.99. The molecule has 1 aromatic carbocycles. The number of amides is 1. The van der Waals surface area contributed by atoms with Crippen LogP contribution in [0.3, 0.4) is 0 Å². The lowest BCUT2D eigenvalue weighted by Gasteiger charge is -2.31. The first-order valence-electron chi connectivity index (χ1n) is 6.99. The van der Waals surface area contributed by atoms with E-state index >= 15 is 0 Å². The monoisotopic (exact) mass is 341 g/mol. The first-order valence-corrected chi connectivity index (χ1v) is 7.78. The molecule has 0 aromatic heterocycles. The third kappa shape index (κ3) is 4.30. The molecule has 2 rings (SSSR count). The van der Waals surface area contributed by atoms with Crippen molar-refractivity contribution in [3.8, 4) is 0 Å². The molecule has 0 radical (unpaired) electrons. The highest BCUT2D eigenvalue weighted by molar-refractivity contribution is 9.10. The lowest BCUT2D eigenvalue weighted by molar-refractivity contribution is -0.907. The van der Waals surface area contributed by atoms with Crippen molar-refractivity contribution in [3.05, 3.63) is 28.2 Å². The van der Waals surface area contributed by atoms with Crippen molar-refractivity contribution in [2.75, 3.05) is 25.0 Å². The molecule has 0 bridgehead atoms. The summed E-state index contributed by atoms with van der Waals surface area (Å²) in [5, 5.41) is 2.97. The number of hydrogen-bond acceptors (Lipinski definition) is 2. The largest absolute Gasteiger partial charge is 0.364 e. The molecule has 1 saturated heterocycles. The molecule has 2 N–H and O–H groups in total. The molecule has 1 aliphatic heterocycles. The maximum absolute atomic E-state index is 12.1. The number of benzene rings is 1. The maximum Gasteiger partial charge on any atom is 0.279 e. The Labute approximate surface area is 128 Å². The maximum atomic E-state index is 12.1. The van der Waals surface area contributed by atoms with Gasteiger partial charge in [-0.15, -0.1) is 0 Å². The first-order chi connectivity index (χ1) is 9.44. The molecule has 1 heterocycles. The molecule has 0 saturated carbocycles. The molecule has 110 valence electrons. The van der Waals surface area contributed by atoms with E-state index in [2.05, 4.69) is 35.1 Å². The summed E-state index contributed by atoms with van der Waals surface area (Å²) in [4.78, 5) is 13.4. The summed E-state index contributed by atoms with van der Waals surface area (Å²) in [5.74, 6) is 0.0471. The molecule has 1 aliphatic rings. The molecule has 0 unspecified atom stereocenters. The third-order valence-electron chi connectivity index (χ3n) is 3.43. The lowest BCUT2D eigenvalue weighted by atomic mass is 10.2. The number of carbonyl (C=O) groups excluding carboxylic acids is 1. The van der Waals surface area contributed by atoms with Gasteiger partial charge in [-0.2, -0.15) is 0 Å². The Kier molecular flexibility index (Phi) is 5.18. The average molecular weight is 342 g/mol. The quantitative estimate of drug-likeness (QED) is 0.872. The Morgan fingerprint density at radius 1 is 1.40 bits per heavy atom. The number of hydrogen-bond donors (Lipinski definition) is 2. The van der Waals surface area contributed by atoms with E-state index in [-0.39, 0.29) is 18.1 Å². The summed E-state index contributed by atoms with van der Waals surface area (Å²) in [6.07, 6.45) is 0.431. The molecule has 0 spiro atoms. The van der Waals surface area contributed by atoms with Gasteiger partial charge in [-0.1, -0.05) is 6.07 Å². The van der Waals surface area contributed by atoms with Crippen LogP contribution in [0.1, 0.15) is 19.4 Å². The number of aryl methyl sites for hydroxylation is 1. The molecular weight excluding hydrogens is 320 g/mol. The first kappa shape index (κ1) is 15.5. The summed E-state index contributed by atoms with van der Waals surface area (Å²) < 4.78 is 6.61. The number of anilines is 1. The fraction of sp³-hybridized carbons (Fsp3) is 0.533. The number of carbonyl (C=O) groups is 1. The average Bonchev–Trinajstić information content (AvgIpc) is 2.31. The summed E-state index contributed by atoms with van der Waals surface area (Å²) >= 11 is 3.48. The van der Waals surface area contributed by atoms with Gasteiger partial charge in [0.25, 0.3) is 5.91 Å². The highest BCUT2D eigenvalue weighted by Crippen LogP contribution is 2.23. The van der Waals surface area contributed by atoms with E-state index in [0.717, 1.165) is 28.8 Å². The van der Waals surface area contributed by atoms with Gasteiger partial charge < -0.3 is 15.0 Å². The van der Waals surface area contributed by atoms with Crippen molar-refractivity contribution in [3.63, 3.8) is 0 Å². The third-order valence-corrected chi connectivity index (χ3v) is 4.08. The van der Waals surface area contributed by atoms with Crippen LogP contribution in [0, 0.1) is 6.92 Å². The molecule has 2 atom stereocenters. The molecule has 1 amide bonds. The fourth-order valence-electron chi connectivity index (χ4n) is 2.68. The molecule has 4 nitrogen and oxygen atoms in total. The van der Waals surface area contributed by atoms with Crippen LogP contribution in [0.5, 0.6) is 0 Å². The lowest BCUT2D eigenvalue weighted by Crippen LogP contribution is -3.16. The summed E-state index contributed by atoms with van der Waals surface area (Å²) in [6, 6.07) is 5.92. The van der Waals surface area contributed by atoms with Crippen LogP contribution in [-0.2, 0) is 9.53 Å². The molecule has 5 heteroatoms. The van der Waals surface area contributed by atoms with Gasteiger partial charge in [-0.05, 0) is 54.4 Å². The van der Waals surface area contributed by atoms with Gasteiger partial charge in [0.05, 0.1) is 5.69 Å². The van der Waals surface area contributed by atoms with Gasteiger partial charge in [0, 0.05) is 4.47 Å². The minimum Gasteiger partial charge on any atom is -0.364 e. The van der Waals surface area contributed by atoms with Crippen molar-refractivity contribution >= 4 is 27.5 Å². The van der Waals surface area contributed by atoms with Crippen LogP contribution in [0.15, 0.2) is 22.7 Å². The van der Waals surface area contributed by atoms with E-state index in [0.29, 0.717) is 6.54 Å². The second-order valence-corrected chi connectivity index (χ2v) is 6.48. The van der Waals surface area contributed by atoms with Crippen molar-refractivity contribution < 1.29 is 14.4 Å². The van der Waals surface area contributed by atoms with E-state index in [1.54, 1.807) is 0 Å². The highest BCUT2D eigenvalue weighted by Gasteiger charge is 2.27. The van der Waals surface area contributed by atoms with Crippen LogP contribution < -0.4 is 10.2 Å². The van der Waals surface area contributed by atoms with Crippen molar-refractivity contribution in [1.29, 1.82) is 0 Å². The number of halogens is 1. The van der Waals surface area contributed by atoms with E-state index in [4.69, 9.17) is 4.74 Å². The van der Waals surface area contributed by atoms with E-state index in [1.165, 1.54) is 4.90 Å².